The fraction of sp³-hybridized carbons (Fsp3) is 0.133. The number of carboxylic acids is 1. The van der Waals surface area contributed by atoms with Crippen molar-refractivity contribution in [1.29, 1.82) is 0 Å². The van der Waals surface area contributed by atoms with Gasteiger partial charge in [-0.15, -0.1) is 11.3 Å². The molecule has 0 radical (unpaired) electrons. The van der Waals surface area contributed by atoms with Crippen LogP contribution in [-0.4, -0.2) is 18.1 Å². The number of hydrogen-bond donors (Lipinski definition) is 1. The molecule has 0 saturated heterocycles. The summed E-state index contributed by atoms with van der Waals surface area (Å²) in [5, 5.41) is 8.70. The van der Waals surface area contributed by atoms with Crippen LogP contribution in [0.4, 0.5) is 10.1 Å². The second kappa shape index (κ2) is 6.74. The van der Waals surface area contributed by atoms with Crippen LogP contribution >= 0.6 is 22.9 Å². The van der Waals surface area contributed by atoms with Gasteiger partial charge in [-0.1, -0.05) is 17.7 Å². The normalized spacial score (nSPS) is 11.0. The quantitative estimate of drug-likeness (QED) is 0.834. The van der Waals surface area contributed by atoms with E-state index in [9.17, 15) is 9.18 Å². The summed E-state index contributed by atoms with van der Waals surface area (Å²) in [5.41, 5.74) is 0.877. The monoisotopic (exact) mass is 325 g/mol. The van der Waals surface area contributed by atoms with Crippen molar-refractivity contribution < 1.29 is 14.3 Å². The van der Waals surface area contributed by atoms with Crippen LogP contribution in [0.3, 0.4) is 0 Å². The molecule has 110 valence electrons. The Bertz CT molecular complexity index is 684. The molecule has 6 heteroatoms. The summed E-state index contributed by atoms with van der Waals surface area (Å²) in [5.74, 6) is -1.57. The van der Waals surface area contributed by atoms with E-state index in [1.807, 2.05) is 24.1 Å². The number of thiophene rings is 1. The average molecular weight is 326 g/mol. The van der Waals surface area contributed by atoms with Crippen molar-refractivity contribution in [3.63, 3.8) is 0 Å². The Morgan fingerprint density at radius 3 is 2.81 bits per heavy atom. The zero-order valence-corrected chi connectivity index (χ0v) is 12.8. The van der Waals surface area contributed by atoms with Crippen LogP contribution in [-0.2, 0) is 11.3 Å². The Labute approximate surface area is 130 Å². The lowest BCUT2D eigenvalue weighted by Gasteiger charge is -2.21. The SMILES string of the molecule is CN(Cc1ccc(Cl)s1)c1cccc(F)c1/C=C/C(=O)O. The van der Waals surface area contributed by atoms with Crippen LogP contribution < -0.4 is 4.90 Å². The summed E-state index contributed by atoms with van der Waals surface area (Å²) in [7, 11) is 1.82. The first kappa shape index (κ1) is 15.5. The molecule has 3 nitrogen and oxygen atoms in total. The molecule has 0 bridgehead atoms. The first-order valence-corrected chi connectivity index (χ1v) is 7.31. The van der Waals surface area contributed by atoms with Crippen molar-refractivity contribution >= 4 is 40.7 Å². The van der Waals surface area contributed by atoms with E-state index in [-0.39, 0.29) is 5.56 Å². The summed E-state index contributed by atoms with van der Waals surface area (Å²) in [4.78, 5) is 13.5. The van der Waals surface area contributed by atoms with Crippen molar-refractivity contribution in [3.05, 3.63) is 57.0 Å². The van der Waals surface area contributed by atoms with Gasteiger partial charge in [0.2, 0.25) is 0 Å². The van der Waals surface area contributed by atoms with E-state index in [0.29, 0.717) is 16.6 Å². The Morgan fingerprint density at radius 1 is 1.43 bits per heavy atom. The molecular formula is C15H13ClFNO2S. The smallest absolute Gasteiger partial charge is 0.328 e. The number of rotatable bonds is 5. The first-order valence-electron chi connectivity index (χ1n) is 6.12. The summed E-state index contributed by atoms with van der Waals surface area (Å²) < 4.78 is 14.6. The van der Waals surface area contributed by atoms with E-state index < -0.39 is 11.8 Å². The fourth-order valence-corrected chi connectivity index (χ4v) is 3.07. The number of anilines is 1. The Hall–Kier alpha value is -1.85. The number of carboxylic acid groups (broad SMARTS) is 1. The minimum Gasteiger partial charge on any atom is -0.478 e. The van der Waals surface area contributed by atoms with Gasteiger partial charge in [-0.25, -0.2) is 9.18 Å². The molecule has 2 aromatic rings. The predicted molar refractivity (Wildman–Crippen MR) is 84.5 cm³/mol. The second-order valence-corrected chi connectivity index (χ2v) is 6.21. The van der Waals surface area contributed by atoms with E-state index in [1.54, 1.807) is 12.1 Å². The zero-order valence-electron chi connectivity index (χ0n) is 11.2. The molecule has 1 aromatic heterocycles. The highest BCUT2D eigenvalue weighted by atomic mass is 35.5. The number of aliphatic carboxylic acids is 1. The van der Waals surface area contributed by atoms with Crippen molar-refractivity contribution in [2.75, 3.05) is 11.9 Å². The predicted octanol–water partition coefficient (Wildman–Crippen LogP) is 4.27. The van der Waals surface area contributed by atoms with Gasteiger partial charge in [0, 0.05) is 29.3 Å². The van der Waals surface area contributed by atoms with Crippen LogP contribution in [0.1, 0.15) is 10.4 Å². The summed E-state index contributed by atoms with van der Waals surface area (Å²) in [6, 6.07) is 8.38. The van der Waals surface area contributed by atoms with Crippen LogP contribution in [0.5, 0.6) is 0 Å². The van der Waals surface area contributed by atoms with Gasteiger partial charge in [0.1, 0.15) is 5.82 Å². The fourth-order valence-electron chi connectivity index (χ4n) is 1.93. The zero-order chi connectivity index (χ0) is 15.4. The highest BCUT2D eigenvalue weighted by Gasteiger charge is 2.11. The first-order chi connectivity index (χ1) is 9.97. The largest absolute Gasteiger partial charge is 0.478 e. The number of halogens is 2. The molecule has 0 aliphatic rings. The van der Waals surface area contributed by atoms with Crippen LogP contribution in [0.15, 0.2) is 36.4 Å². The third kappa shape index (κ3) is 4.06. The van der Waals surface area contributed by atoms with Gasteiger partial charge in [-0.2, -0.15) is 0 Å². The lowest BCUT2D eigenvalue weighted by atomic mass is 10.1. The van der Waals surface area contributed by atoms with E-state index in [2.05, 4.69) is 0 Å². The molecule has 0 amide bonds. The lowest BCUT2D eigenvalue weighted by Crippen LogP contribution is -2.17. The molecule has 0 atom stereocenters. The molecule has 0 aliphatic heterocycles. The molecule has 0 spiro atoms. The molecule has 21 heavy (non-hydrogen) atoms. The molecule has 0 saturated carbocycles. The van der Waals surface area contributed by atoms with Gasteiger partial charge in [0.05, 0.1) is 10.9 Å². The van der Waals surface area contributed by atoms with Crippen LogP contribution in [0, 0.1) is 5.82 Å². The van der Waals surface area contributed by atoms with E-state index in [4.69, 9.17) is 16.7 Å². The van der Waals surface area contributed by atoms with E-state index in [1.165, 1.54) is 23.5 Å². The Kier molecular flexibility index (Phi) is 4.98. The van der Waals surface area contributed by atoms with E-state index >= 15 is 0 Å². The van der Waals surface area contributed by atoms with E-state index in [0.717, 1.165) is 11.0 Å². The maximum absolute atomic E-state index is 13.9. The highest BCUT2D eigenvalue weighted by molar-refractivity contribution is 7.16. The average Bonchev–Trinajstić information content (AvgIpc) is 2.82. The minimum absolute atomic E-state index is 0.255. The standard InChI is InChI=1S/C15H13ClFNO2S/c1-18(9-10-5-7-14(16)21-10)13-4-2-3-12(17)11(13)6-8-15(19)20/h2-8H,9H2,1H3,(H,19,20)/b8-6+. The van der Waals surface area contributed by atoms with Crippen molar-refractivity contribution in [2.45, 2.75) is 6.54 Å². The van der Waals surface area contributed by atoms with Crippen molar-refractivity contribution in [1.82, 2.24) is 0 Å². The topological polar surface area (TPSA) is 40.5 Å². The molecule has 1 heterocycles. The van der Waals surface area contributed by atoms with Gasteiger partial charge >= 0.3 is 5.97 Å². The third-order valence-corrected chi connectivity index (χ3v) is 4.07. The third-order valence-electron chi connectivity index (χ3n) is 2.86. The summed E-state index contributed by atoms with van der Waals surface area (Å²) >= 11 is 7.35. The van der Waals surface area contributed by atoms with Gasteiger partial charge in [0.25, 0.3) is 0 Å². The molecule has 0 aliphatic carbocycles. The number of nitrogens with zero attached hydrogens (tertiary/aromatic N) is 1. The van der Waals surface area contributed by atoms with Gasteiger partial charge in [-0.3, -0.25) is 0 Å². The summed E-state index contributed by atoms with van der Waals surface area (Å²) in [6.45, 7) is 0.564. The maximum atomic E-state index is 13.9. The lowest BCUT2D eigenvalue weighted by molar-refractivity contribution is -0.131. The second-order valence-electron chi connectivity index (χ2n) is 4.41. The molecular weight excluding hydrogens is 313 g/mol. The van der Waals surface area contributed by atoms with Gasteiger partial charge in [0.15, 0.2) is 0 Å². The minimum atomic E-state index is -1.11. The molecule has 1 aromatic carbocycles. The Morgan fingerprint density at radius 2 is 2.19 bits per heavy atom. The molecule has 1 N–H and O–H groups in total. The molecule has 0 unspecified atom stereocenters. The van der Waals surface area contributed by atoms with Gasteiger partial charge in [-0.05, 0) is 30.3 Å². The molecule has 2 rings (SSSR count). The Balaban J connectivity index is 2.29. The summed E-state index contributed by atoms with van der Waals surface area (Å²) in [6.07, 6.45) is 2.20. The highest BCUT2D eigenvalue weighted by Crippen LogP contribution is 2.28. The van der Waals surface area contributed by atoms with Crippen LogP contribution in [0.25, 0.3) is 6.08 Å². The van der Waals surface area contributed by atoms with Crippen molar-refractivity contribution in [3.8, 4) is 0 Å². The maximum Gasteiger partial charge on any atom is 0.328 e. The van der Waals surface area contributed by atoms with Crippen LogP contribution in [0.2, 0.25) is 4.34 Å². The number of hydrogen-bond acceptors (Lipinski definition) is 3. The number of benzene rings is 1. The van der Waals surface area contributed by atoms with Crippen molar-refractivity contribution in [2.24, 2.45) is 0 Å². The molecule has 0 fully saturated rings. The van der Waals surface area contributed by atoms with Gasteiger partial charge < -0.3 is 10.0 Å². The number of carbonyl (C=O) groups is 1.